The Morgan fingerprint density at radius 1 is 0.962 bits per heavy atom. The molecule has 1 aliphatic rings. The zero-order valence-corrected chi connectivity index (χ0v) is 16.7. The molecule has 1 aliphatic heterocycles. The SMILES string of the molecule is COCNC(=O)[C@H]1CN(C(=O)OC(C)(C)C)CCN1C(=O)OC(C)(C)C. The van der Waals surface area contributed by atoms with Crippen molar-refractivity contribution in [3.8, 4) is 0 Å². The van der Waals surface area contributed by atoms with E-state index in [-0.39, 0.29) is 26.4 Å². The van der Waals surface area contributed by atoms with Gasteiger partial charge in [-0.05, 0) is 41.5 Å². The maximum absolute atomic E-state index is 12.5. The van der Waals surface area contributed by atoms with Crippen LogP contribution in [-0.4, -0.2) is 78.6 Å². The summed E-state index contributed by atoms with van der Waals surface area (Å²) in [6.45, 7) is 11.0. The minimum Gasteiger partial charge on any atom is -0.444 e. The highest BCUT2D eigenvalue weighted by atomic mass is 16.6. The first kappa shape index (κ1) is 22.0. The second-order valence-corrected chi connectivity index (χ2v) is 8.09. The standard InChI is InChI=1S/C17H31N3O6/c1-16(2,3)25-14(22)19-8-9-20(15(23)26-17(4,5)6)12(10-19)13(21)18-11-24-7/h12H,8-11H2,1-7H3,(H,18,21)/t12-/m1/s1. The van der Waals surface area contributed by atoms with Crippen LogP contribution in [0.3, 0.4) is 0 Å². The largest absolute Gasteiger partial charge is 0.444 e. The highest BCUT2D eigenvalue weighted by Gasteiger charge is 2.39. The zero-order chi connectivity index (χ0) is 20.1. The monoisotopic (exact) mass is 373 g/mol. The molecule has 1 heterocycles. The minimum atomic E-state index is -0.888. The van der Waals surface area contributed by atoms with Crippen LogP contribution in [0.4, 0.5) is 9.59 Å². The van der Waals surface area contributed by atoms with Gasteiger partial charge in [-0.15, -0.1) is 0 Å². The molecule has 0 aromatic carbocycles. The number of carbonyl (C=O) groups excluding carboxylic acids is 3. The molecule has 0 saturated carbocycles. The predicted molar refractivity (Wildman–Crippen MR) is 94.6 cm³/mol. The molecule has 0 aromatic heterocycles. The van der Waals surface area contributed by atoms with Crippen LogP contribution < -0.4 is 5.32 Å². The normalized spacial score (nSPS) is 18.3. The third-order valence-corrected chi connectivity index (χ3v) is 3.35. The molecule has 1 N–H and O–H groups in total. The summed E-state index contributed by atoms with van der Waals surface area (Å²) in [5, 5.41) is 2.57. The van der Waals surface area contributed by atoms with Gasteiger partial charge in [0.15, 0.2) is 0 Å². The quantitative estimate of drug-likeness (QED) is 0.754. The van der Waals surface area contributed by atoms with E-state index in [4.69, 9.17) is 14.2 Å². The van der Waals surface area contributed by atoms with Crippen LogP contribution in [0, 0.1) is 0 Å². The van der Waals surface area contributed by atoms with Gasteiger partial charge >= 0.3 is 12.2 Å². The third kappa shape index (κ3) is 7.07. The molecule has 1 rings (SSSR count). The number of methoxy groups -OCH3 is 1. The van der Waals surface area contributed by atoms with Gasteiger partial charge in [-0.25, -0.2) is 9.59 Å². The molecule has 150 valence electrons. The van der Waals surface area contributed by atoms with Gasteiger partial charge in [-0.3, -0.25) is 9.69 Å². The molecule has 1 fully saturated rings. The Labute approximate surface area is 154 Å². The molecule has 0 radical (unpaired) electrons. The van der Waals surface area contributed by atoms with Crippen LogP contribution in [0.5, 0.6) is 0 Å². The van der Waals surface area contributed by atoms with Gasteiger partial charge in [0, 0.05) is 20.2 Å². The fourth-order valence-corrected chi connectivity index (χ4v) is 2.30. The van der Waals surface area contributed by atoms with Gasteiger partial charge in [-0.2, -0.15) is 0 Å². The number of amides is 3. The summed E-state index contributed by atoms with van der Waals surface area (Å²) in [6.07, 6.45) is -1.12. The lowest BCUT2D eigenvalue weighted by atomic mass is 10.1. The third-order valence-electron chi connectivity index (χ3n) is 3.35. The Balaban J connectivity index is 2.91. The Kier molecular flexibility index (Phi) is 7.25. The van der Waals surface area contributed by atoms with Gasteiger partial charge in [0.1, 0.15) is 24.0 Å². The second-order valence-electron chi connectivity index (χ2n) is 8.09. The number of hydrogen-bond donors (Lipinski definition) is 1. The lowest BCUT2D eigenvalue weighted by Crippen LogP contribution is -2.62. The van der Waals surface area contributed by atoms with Crippen LogP contribution in [0.1, 0.15) is 41.5 Å². The first-order valence-corrected chi connectivity index (χ1v) is 8.58. The van der Waals surface area contributed by atoms with Crippen molar-refractivity contribution in [2.24, 2.45) is 0 Å². The van der Waals surface area contributed by atoms with Crippen LogP contribution >= 0.6 is 0 Å². The summed E-state index contributed by atoms with van der Waals surface area (Å²) in [5.74, 6) is -0.425. The first-order valence-electron chi connectivity index (χ1n) is 8.58. The van der Waals surface area contributed by atoms with Crippen molar-refractivity contribution in [1.29, 1.82) is 0 Å². The van der Waals surface area contributed by atoms with Crippen molar-refractivity contribution < 1.29 is 28.6 Å². The molecule has 3 amide bonds. The number of carbonyl (C=O) groups is 3. The van der Waals surface area contributed by atoms with E-state index >= 15 is 0 Å². The topological polar surface area (TPSA) is 97.4 Å². The molecular weight excluding hydrogens is 342 g/mol. The number of ether oxygens (including phenoxy) is 3. The molecule has 0 aliphatic carbocycles. The number of nitrogens with zero attached hydrogens (tertiary/aromatic N) is 2. The average Bonchev–Trinajstić information content (AvgIpc) is 2.48. The smallest absolute Gasteiger partial charge is 0.411 e. The van der Waals surface area contributed by atoms with Crippen molar-refractivity contribution in [2.45, 2.75) is 58.8 Å². The molecule has 9 heteroatoms. The number of hydrogen-bond acceptors (Lipinski definition) is 6. The molecule has 1 saturated heterocycles. The number of piperazine rings is 1. The fraction of sp³-hybridized carbons (Fsp3) is 0.824. The van der Waals surface area contributed by atoms with Gasteiger partial charge in [0.25, 0.3) is 0 Å². The number of rotatable bonds is 3. The molecular formula is C17H31N3O6. The lowest BCUT2D eigenvalue weighted by Gasteiger charge is -2.40. The molecule has 26 heavy (non-hydrogen) atoms. The highest BCUT2D eigenvalue weighted by molar-refractivity contribution is 5.87. The van der Waals surface area contributed by atoms with Crippen molar-refractivity contribution in [1.82, 2.24) is 15.1 Å². The van der Waals surface area contributed by atoms with E-state index in [1.165, 1.54) is 16.9 Å². The molecule has 9 nitrogen and oxygen atoms in total. The van der Waals surface area contributed by atoms with E-state index in [2.05, 4.69) is 5.32 Å². The Morgan fingerprint density at radius 2 is 1.50 bits per heavy atom. The van der Waals surface area contributed by atoms with Crippen LogP contribution in [0.25, 0.3) is 0 Å². The van der Waals surface area contributed by atoms with Crippen LogP contribution in [0.2, 0.25) is 0 Å². The van der Waals surface area contributed by atoms with Crippen LogP contribution in [-0.2, 0) is 19.0 Å². The van der Waals surface area contributed by atoms with E-state index in [0.29, 0.717) is 0 Å². The van der Waals surface area contributed by atoms with Crippen molar-refractivity contribution in [2.75, 3.05) is 33.5 Å². The van der Waals surface area contributed by atoms with E-state index in [1.54, 1.807) is 41.5 Å². The summed E-state index contributed by atoms with van der Waals surface area (Å²) in [4.78, 5) is 40.0. The van der Waals surface area contributed by atoms with Gasteiger partial charge in [0.05, 0.1) is 6.54 Å². The molecule has 0 unspecified atom stereocenters. The van der Waals surface area contributed by atoms with E-state index in [0.717, 1.165) is 0 Å². The maximum atomic E-state index is 12.5. The lowest BCUT2D eigenvalue weighted by molar-refractivity contribution is -0.130. The van der Waals surface area contributed by atoms with E-state index in [1.807, 2.05) is 0 Å². The second kappa shape index (κ2) is 8.57. The molecule has 0 spiro atoms. The van der Waals surface area contributed by atoms with E-state index < -0.39 is 35.3 Å². The van der Waals surface area contributed by atoms with Crippen molar-refractivity contribution in [3.63, 3.8) is 0 Å². The predicted octanol–water partition coefficient (Wildman–Crippen LogP) is 1.56. The molecule has 1 atom stereocenters. The van der Waals surface area contributed by atoms with Gasteiger partial charge in [0.2, 0.25) is 5.91 Å². The van der Waals surface area contributed by atoms with E-state index in [9.17, 15) is 14.4 Å². The summed E-state index contributed by atoms with van der Waals surface area (Å²) in [6, 6.07) is -0.888. The summed E-state index contributed by atoms with van der Waals surface area (Å²) >= 11 is 0. The zero-order valence-electron chi connectivity index (χ0n) is 16.7. The maximum Gasteiger partial charge on any atom is 0.411 e. The van der Waals surface area contributed by atoms with Gasteiger partial charge in [-0.1, -0.05) is 0 Å². The Morgan fingerprint density at radius 3 is 2.00 bits per heavy atom. The number of nitrogens with one attached hydrogen (secondary N) is 1. The Bertz CT molecular complexity index is 524. The van der Waals surface area contributed by atoms with Gasteiger partial charge < -0.3 is 24.4 Å². The minimum absolute atomic E-state index is 0.00390. The summed E-state index contributed by atoms with van der Waals surface area (Å²) in [7, 11) is 1.44. The average molecular weight is 373 g/mol. The molecule has 0 aromatic rings. The first-order chi connectivity index (χ1) is 11.8. The van der Waals surface area contributed by atoms with Crippen LogP contribution in [0.15, 0.2) is 0 Å². The highest BCUT2D eigenvalue weighted by Crippen LogP contribution is 2.18. The Hall–Kier alpha value is -2.03. The summed E-state index contributed by atoms with van der Waals surface area (Å²) in [5.41, 5.74) is -1.33. The fourth-order valence-electron chi connectivity index (χ4n) is 2.30. The summed E-state index contributed by atoms with van der Waals surface area (Å²) < 4.78 is 15.6. The van der Waals surface area contributed by atoms with Crippen molar-refractivity contribution in [3.05, 3.63) is 0 Å². The molecule has 0 bridgehead atoms. The van der Waals surface area contributed by atoms with Crippen molar-refractivity contribution >= 4 is 18.1 Å².